The third-order valence-electron chi connectivity index (χ3n) is 3.93. The molecule has 0 bridgehead atoms. The van der Waals surface area contributed by atoms with Crippen LogP contribution in [0.1, 0.15) is 32.8 Å². The summed E-state index contributed by atoms with van der Waals surface area (Å²) in [6.45, 7) is 8.73. The number of fused-ring (bicyclic) bond motifs is 1. The van der Waals surface area contributed by atoms with Gasteiger partial charge in [0.25, 0.3) is 0 Å². The minimum absolute atomic E-state index is 0.0857. The van der Waals surface area contributed by atoms with Gasteiger partial charge in [0.05, 0.1) is 10.9 Å². The van der Waals surface area contributed by atoms with E-state index in [0.29, 0.717) is 24.2 Å². The summed E-state index contributed by atoms with van der Waals surface area (Å²) in [5.41, 5.74) is 1.22. The van der Waals surface area contributed by atoms with Crippen LogP contribution in [0.2, 0.25) is 5.15 Å². The molecule has 1 N–H and O–H groups in total. The van der Waals surface area contributed by atoms with Gasteiger partial charge in [-0.2, -0.15) is 0 Å². The Kier molecular flexibility index (Phi) is 4.69. The molecule has 1 aliphatic heterocycles. The molecule has 3 rings (SSSR count). The molecule has 1 aliphatic rings. The molecular weight excluding hydrogens is 342 g/mol. The summed E-state index contributed by atoms with van der Waals surface area (Å²) in [5.74, 6) is 0.522. The van der Waals surface area contributed by atoms with Gasteiger partial charge in [0.15, 0.2) is 0 Å². The lowest BCUT2D eigenvalue weighted by atomic mass is 10.2. The maximum Gasteiger partial charge on any atom is 0.410 e. The average Bonchev–Trinajstić information content (AvgIpc) is 2.98. The molecule has 0 unspecified atom stereocenters. The topological polar surface area (TPSA) is 80.2 Å². The van der Waals surface area contributed by atoms with Crippen molar-refractivity contribution in [1.29, 1.82) is 0 Å². The van der Waals surface area contributed by atoms with Gasteiger partial charge in [-0.25, -0.2) is 19.7 Å². The molecule has 1 atom stereocenters. The highest BCUT2D eigenvalue weighted by Gasteiger charge is 2.30. The molecule has 1 saturated heterocycles. The number of hydrogen-bond donors (Lipinski definition) is 1. The Morgan fingerprint density at radius 3 is 2.84 bits per heavy atom. The van der Waals surface area contributed by atoms with Gasteiger partial charge in [0.2, 0.25) is 5.95 Å². The molecule has 1 amide bonds. The second kappa shape index (κ2) is 6.63. The zero-order valence-corrected chi connectivity index (χ0v) is 15.6. The van der Waals surface area contributed by atoms with Gasteiger partial charge in [-0.1, -0.05) is 11.6 Å². The standard InChI is InChI=1S/C17H22ClN5O2/c1-10-7-19-14(18)12-8-20-15(22-13(10)12)21-11-5-6-23(9-11)16(24)25-17(2,3)4/h7-8,11H,5-6,9H2,1-4H3,(H,20,21,22)/t11-/m0/s1. The number of rotatable bonds is 2. The Balaban J connectivity index is 1.69. The molecule has 0 aliphatic carbocycles. The Hall–Kier alpha value is -2.15. The lowest BCUT2D eigenvalue weighted by Gasteiger charge is -2.24. The highest BCUT2D eigenvalue weighted by Crippen LogP contribution is 2.23. The van der Waals surface area contributed by atoms with Crippen molar-refractivity contribution in [3.8, 4) is 0 Å². The summed E-state index contributed by atoms with van der Waals surface area (Å²) in [5, 5.41) is 4.42. The number of carbonyl (C=O) groups excluding carboxylic acids is 1. The molecular formula is C17H22ClN5O2. The summed E-state index contributed by atoms with van der Waals surface area (Å²) in [4.78, 5) is 26.8. The number of aromatic nitrogens is 3. The molecule has 1 fully saturated rings. The number of amides is 1. The van der Waals surface area contributed by atoms with E-state index in [1.54, 1.807) is 17.3 Å². The van der Waals surface area contributed by atoms with Crippen LogP contribution in [0.15, 0.2) is 12.4 Å². The maximum absolute atomic E-state index is 12.1. The number of likely N-dealkylation sites (tertiary alicyclic amines) is 1. The van der Waals surface area contributed by atoms with Crippen LogP contribution in [0.25, 0.3) is 10.9 Å². The summed E-state index contributed by atoms with van der Waals surface area (Å²) >= 11 is 6.09. The predicted octanol–water partition coefficient (Wildman–Crippen LogP) is 3.41. The van der Waals surface area contributed by atoms with E-state index < -0.39 is 5.60 Å². The van der Waals surface area contributed by atoms with Crippen LogP contribution >= 0.6 is 11.6 Å². The third-order valence-corrected chi connectivity index (χ3v) is 4.23. The molecule has 0 aromatic carbocycles. The van der Waals surface area contributed by atoms with Crippen molar-refractivity contribution >= 4 is 34.5 Å². The van der Waals surface area contributed by atoms with Crippen molar-refractivity contribution in [3.63, 3.8) is 0 Å². The quantitative estimate of drug-likeness (QED) is 0.823. The molecule has 0 radical (unpaired) electrons. The van der Waals surface area contributed by atoms with E-state index in [1.165, 1.54) is 0 Å². The molecule has 0 saturated carbocycles. The van der Waals surface area contributed by atoms with E-state index in [0.717, 1.165) is 22.9 Å². The van der Waals surface area contributed by atoms with E-state index in [4.69, 9.17) is 16.3 Å². The van der Waals surface area contributed by atoms with Gasteiger partial charge in [0, 0.05) is 31.5 Å². The van der Waals surface area contributed by atoms with Crippen molar-refractivity contribution in [2.75, 3.05) is 18.4 Å². The van der Waals surface area contributed by atoms with E-state index >= 15 is 0 Å². The third kappa shape index (κ3) is 4.10. The average molecular weight is 364 g/mol. The molecule has 25 heavy (non-hydrogen) atoms. The minimum Gasteiger partial charge on any atom is -0.444 e. The van der Waals surface area contributed by atoms with Crippen LogP contribution in [-0.2, 0) is 4.74 Å². The van der Waals surface area contributed by atoms with Crippen LogP contribution in [0.5, 0.6) is 0 Å². The van der Waals surface area contributed by atoms with E-state index in [1.807, 2.05) is 27.7 Å². The fourth-order valence-corrected chi connectivity index (χ4v) is 2.93. The number of nitrogens with one attached hydrogen (secondary N) is 1. The second-order valence-electron chi connectivity index (χ2n) is 7.24. The highest BCUT2D eigenvalue weighted by molar-refractivity contribution is 6.34. The molecule has 3 heterocycles. The van der Waals surface area contributed by atoms with Crippen LogP contribution in [0.4, 0.5) is 10.7 Å². The molecule has 0 spiro atoms. The Labute approximate surface area is 151 Å². The fraction of sp³-hybridized carbons (Fsp3) is 0.529. The highest BCUT2D eigenvalue weighted by atomic mass is 35.5. The number of aryl methyl sites for hydroxylation is 1. The van der Waals surface area contributed by atoms with Crippen LogP contribution in [0, 0.1) is 6.92 Å². The van der Waals surface area contributed by atoms with Crippen LogP contribution in [-0.4, -0.2) is 50.7 Å². The van der Waals surface area contributed by atoms with Gasteiger partial charge in [-0.05, 0) is 39.7 Å². The molecule has 134 valence electrons. The Morgan fingerprint density at radius 1 is 1.36 bits per heavy atom. The lowest BCUT2D eigenvalue weighted by molar-refractivity contribution is 0.0293. The molecule has 8 heteroatoms. The monoisotopic (exact) mass is 363 g/mol. The van der Waals surface area contributed by atoms with Gasteiger partial charge < -0.3 is 15.0 Å². The Bertz CT molecular complexity index is 805. The van der Waals surface area contributed by atoms with E-state index in [-0.39, 0.29) is 12.1 Å². The summed E-state index contributed by atoms with van der Waals surface area (Å²) in [6.07, 6.45) is 3.90. The number of carbonyl (C=O) groups is 1. The number of halogens is 1. The molecule has 7 nitrogen and oxygen atoms in total. The number of ether oxygens (including phenoxy) is 1. The van der Waals surface area contributed by atoms with Gasteiger partial charge in [-0.15, -0.1) is 0 Å². The SMILES string of the molecule is Cc1cnc(Cl)c2cnc(N[C@H]3CCN(C(=O)OC(C)(C)C)C3)nc12. The summed E-state index contributed by atoms with van der Waals surface area (Å²) < 4.78 is 5.41. The summed E-state index contributed by atoms with van der Waals surface area (Å²) in [7, 11) is 0. The molecule has 2 aromatic heterocycles. The number of hydrogen-bond acceptors (Lipinski definition) is 6. The van der Waals surface area contributed by atoms with Crippen molar-refractivity contribution in [3.05, 3.63) is 23.1 Å². The van der Waals surface area contributed by atoms with Crippen molar-refractivity contribution in [2.24, 2.45) is 0 Å². The number of anilines is 1. The van der Waals surface area contributed by atoms with Gasteiger partial charge in [0.1, 0.15) is 10.8 Å². The van der Waals surface area contributed by atoms with Crippen LogP contribution in [0.3, 0.4) is 0 Å². The fourth-order valence-electron chi connectivity index (χ4n) is 2.74. The van der Waals surface area contributed by atoms with E-state index in [9.17, 15) is 4.79 Å². The predicted molar refractivity (Wildman–Crippen MR) is 96.9 cm³/mol. The van der Waals surface area contributed by atoms with Crippen molar-refractivity contribution in [1.82, 2.24) is 19.9 Å². The first-order valence-electron chi connectivity index (χ1n) is 8.25. The second-order valence-corrected chi connectivity index (χ2v) is 7.60. The van der Waals surface area contributed by atoms with Crippen molar-refractivity contribution in [2.45, 2.75) is 45.8 Å². The first-order valence-corrected chi connectivity index (χ1v) is 8.63. The van der Waals surface area contributed by atoms with Gasteiger partial charge in [-0.3, -0.25) is 0 Å². The first kappa shape index (κ1) is 17.7. The van der Waals surface area contributed by atoms with Crippen molar-refractivity contribution < 1.29 is 9.53 Å². The Morgan fingerprint density at radius 2 is 2.12 bits per heavy atom. The minimum atomic E-state index is -0.491. The largest absolute Gasteiger partial charge is 0.444 e. The smallest absolute Gasteiger partial charge is 0.410 e. The van der Waals surface area contributed by atoms with Crippen LogP contribution < -0.4 is 5.32 Å². The molecule has 2 aromatic rings. The first-order chi connectivity index (χ1) is 11.7. The van der Waals surface area contributed by atoms with Gasteiger partial charge >= 0.3 is 6.09 Å². The summed E-state index contributed by atoms with van der Waals surface area (Å²) in [6, 6.07) is 0.0857. The number of nitrogens with zero attached hydrogens (tertiary/aromatic N) is 4. The van der Waals surface area contributed by atoms with E-state index in [2.05, 4.69) is 20.3 Å². The zero-order chi connectivity index (χ0) is 18.2. The number of pyridine rings is 1. The zero-order valence-electron chi connectivity index (χ0n) is 14.8. The maximum atomic E-state index is 12.1. The lowest BCUT2D eigenvalue weighted by Crippen LogP contribution is -2.36. The normalized spacial score (nSPS) is 17.8.